The summed E-state index contributed by atoms with van der Waals surface area (Å²) in [6.45, 7) is 2.20. The number of aromatic nitrogens is 2. The van der Waals surface area contributed by atoms with E-state index in [4.69, 9.17) is 38.4 Å². The third kappa shape index (κ3) is 2.86. The zero-order valence-corrected chi connectivity index (χ0v) is 12.1. The van der Waals surface area contributed by atoms with E-state index >= 15 is 0 Å². The van der Waals surface area contributed by atoms with E-state index in [2.05, 4.69) is 4.98 Å². The summed E-state index contributed by atoms with van der Waals surface area (Å²) in [6.07, 6.45) is 1.11. The molecule has 106 valence electrons. The summed E-state index contributed by atoms with van der Waals surface area (Å²) in [7, 11) is 1.58. The largest absolute Gasteiger partial charge is 0.382 e. The highest BCUT2D eigenvalue weighted by molar-refractivity contribution is 6.32. The van der Waals surface area contributed by atoms with Crippen LogP contribution in [0.5, 0.6) is 0 Å². The average Bonchev–Trinajstić information content (AvgIpc) is 2.59. The zero-order valence-electron chi connectivity index (χ0n) is 10.6. The number of alkyl halides is 1. The lowest BCUT2D eigenvalue weighted by Gasteiger charge is -2.24. The molecule has 0 bridgehead atoms. The maximum Gasteiger partial charge on any atom is 0.351 e. The van der Waals surface area contributed by atoms with Crippen LogP contribution < -0.4 is 11.4 Å². The Balaban J connectivity index is 2.36. The van der Waals surface area contributed by atoms with Crippen LogP contribution in [0.4, 0.5) is 5.82 Å². The molecule has 1 fully saturated rings. The molecule has 2 rings (SSSR count). The van der Waals surface area contributed by atoms with Crippen LogP contribution in [0.2, 0.25) is 5.02 Å². The van der Waals surface area contributed by atoms with E-state index < -0.39 is 16.8 Å². The summed E-state index contributed by atoms with van der Waals surface area (Å²) >= 11 is 12.3. The van der Waals surface area contributed by atoms with Crippen LogP contribution in [0.3, 0.4) is 0 Å². The fraction of sp³-hybridized carbons (Fsp3) is 0.636. The second-order valence-electron chi connectivity index (χ2n) is 4.71. The monoisotopic (exact) mass is 307 g/mol. The minimum atomic E-state index is -0.742. The fourth-order valence-electron chi connectivity index (χ4n) is 2.18. The Morgan fingerprint density at radius 3 is 3.05 bits per heavy atom. The van der Waals surface area contributed by atoms with Gasteiger partial charge in [0.05, 0.1) is 22.6 Å². The number of anilines is 1. The highest BCUT2D eigenvalue weighted by atomic mass is 35.5. The van der Waals surface area contributed by atoms with Crippen molar-refractivity contribution < 1.29 is 9.47 Å². The summed E-state index contributed by atoms with van der Waals surface area (Å²) < 4.78 is 12.1. The Morgan fingerprint density at radius 1 is 1.74 bits per heavy atom. The van der Waals surface area contributed by atoms with Crippen molar-refractivity contribution >= 4 is 29.0 Å². The average molecular weight is 308 g/mol. The normalized spacial score (nSPS) is 30.7. The van der Waals surface area contributed by atoms with Gasteiger partial charge in [-0.05, 0) is 13.3 Å². The van der Waals surface area contributed by atoms with Gasteiger partial charge in [0.1, 0.15) is 5.82 Å². The van der Waals surface area contributed by atoms with Crippen molar-refractivity contribution in [2.45, 2.75) is 30.6 Å². The summed E-state index contributed by atoms with van der Waals surface area (Å²) in [5.74, 6) is -0.00868. The standard InChI is InChI=1S/C11H15Cl2N3O3/c1-11(13)3-6(5-18-2)19-9(11)16-4-7(12)8(14)15-10(16)17/h4,6,9H,3,5H2,1-2H3,(H2,14,15,17). The Hall–Kier alpha value is -0.820. The summed E-state index contributed by atoms with van der Waals surface area (Å²) in [5, 5.41) is 0.186. The maximum absolute atomic E-state index is 11.9. The van der Waals surface area contributed by atoms with Gasteiger partial charge in [0.25, 0.3) is 0 Å². The molecule has 0 radical (unpaired) electrons. The molecule has 2 N–H and O–H groups in total. The van der Waals surface area contributed by atoms with Gasteiger partial charge >= 0.3 is 5.69 Å². The van der Waals surface area contributed by atoms with E-state index in [-0.39, 0.29) is 16.9 Å². The number of nitrogens with two attached hydrogens (primary N) is 1. The van der Waals surface area contributed by atoms with Gasteiger partial charge in [-0.3, -0.25) is 4.57 Å². The first-order valence-corrected chi connectivity index (χ1v) is 6.48. The molecule has 1 saturated heterocycles. The molecule has 3 unspecified atom stereocenters. The predicted molar refractivity (Wildman–Crippen MR) is 72.6 cm³/mol. The van der Waals surface area contributed by atoms with Crippen LogP contribution in [-0.4, -0.2) is 34.2 Å². The van der Waals surface area contributed by atoms with Crippen molar-refractivity contribution in [3.8, 4) is 0 Å². The number of methoxy groups -OCH3 is 1. The number of nitrogens with zero attached hydrogens (tertiary/aromatic N) is 2. The molecular weight excluding hydrogens is 293 g/mol. The molecule has 2 heterocycles. The minimum Gasteiger partial charge on any atom is -0.382 e. The molecule has 0 spiro atoms. The number of ether oxygens (including phenoxy) is 2. The second-order valence-corrected chi connectivity index (χ2v) is 5.98. The van der Waals surface area contributed by atoms with E-state index in [1.807, 2.05) is 0 Å². The highest BCUT2D eigenvalue weighted by Crippen LogP contribution is 2.42. The van der Waals surface area contributed by atoms with E-state index in [0.717, 1.165) is 0 Å². The van der Waals surface area contributed by atoms with Crippen molar-refractivity contribution in [2.75, 3.05) is 19.5 Å². The third-order valence-electron chi connectivity index (χ3n) is 3.00. The van der Waals surface area contributed by atoms with Gasteiger partial charge < -0.3 is 15.2 Å². The van der Waals surface area contributed by atoms with Crippen molar-refractivity contribution in [3.05, 3.63) is 21.7 Å². The molecule has 8 heteroatoms. The third-order valence-corrected chi connectivity index (χ3v) is 3.63. The molecule has 1 aromatic rings. The second kappa shape index (κ2) is 5.28. The Labute approximate surface area is 120 Å². The Morgan fingerprint density at radius 2 is 2.42 bits per heavy atom. The van der Waals surface area contributed by atoms with Gasteiger partial charge in [-0.25, -0.2) is 4.79 Å². The first-order chi connectivity index (χ1) is 8.85. The van der Waals surface area contributed by atoms with Crippen molar-refractivity contribution in [3.63, 3.8) is 0 Å². The maximum atomic E-state index is 11.9. The molecule has 0 aliphatic carbocycles. The predicted octanol–water partition coefficient (Wildman–Crippen LogP) is 1.41. The topological polar surface area (TPSA) is 79.4 Å². The molecule has 1 aliphatic heterocycles. The first-order valence-electron chi connectivity index (χ1n) is 5.72. The Kier molecular flexibility index (Phi) is 4.06. The van der Waals surface area contributed by atoms with Gasteiger partial charge in [-0.15, -0.1) is 11.6 Å². The lowest BCUT2D eigenvalue weighted by atomic mass is 10.1. The smallest absolute Gasteiger partial charge is 0.351 e. The lowest BCUT2D eigenvalue weighted by Crippen LogP contribution is -2.35. The molecule has 0 aromatic carbocycles. The number of halogens is 2. The van der Waals surface area contributed by atoms with E-state index in [1.165, 1.54) is 10.8 Å². The zero-order chi connectivity index (χ0) is 14.2. The van der Waals surface area contributed by atoms with Crippen molar-refractivity contribution in [1.82, 2.24) is 9.55 Å². The summed E-state index contributed by atoms with van der Waals surface area (Å²) in [4.78, 5) is 14.8. The van der Waals surface area contributed by atoms with Gasteiger partial charge in [0.15, 0.2) is 6.23 Å². The van der Waals surface area contributed by atoms with Crippen molar-refractivity contribution in [2.24, 2.45) is 0 Å². The quantitative estimate of drug-likeness (QED) is 0.854. The summed E-state index contributed by atoms with van der Waals surface area (Å²) in [5.41, 5.74) is 4.94. The van der Waals surface area contributed by atoms with E-state index in [1.54, 1.807) is 14.0 Å². The lowest BCUT2D eigenvalue weighted by molar-refractivity contribution is -0.0385. The molecule has 1 aromatic heterocycles. The first kappa shape index (κ1) is 14.6. The number of rotatable bonds is 3. The van der Waals surface area contributed by atoms with Crippen molar-refractivity contribution in [1.29, 1.82) is 0 Å². The molecule has 0 saturated carbocycles. The summed E-state index contributed by atoms with van der Waals surface area (Å²) in [6, 6.07) is 0. The van der Waals surface area contributed by atoms with Gasteiger partial charge in [-0.1, -0.05) is 11.6 Å². The molecular formula is C11H15Cl2N3O3. The number of hydrogen-bond donors (Lipinski definition) is 1. The van der Waals surface area contributed by atoms with Crippen LogP contribution in [0.1, 0.15) is 19.6 Å². The molecule has 19 heavy (non-hydrogen) atoms. The number of nitrogen functional groups attached to an aromatic ring is 1. The fourth-order valence-corrected chi connectivity index (χ4v) is 2.66. The van der Waals surface area contributed by atoms with Crippen LogP contribution in [-0.2, 0) is 9.47 Å². The van der Waals surface area contributed by atoms with Gasteiger partial charge in [-0.2, -0.15) is 4.98 Å². The van der Waals surface area contributed by atoms with Crippen LogP contribution in [0.25, 0.3) is 0 Å². The van der Waals surface area contributed by atoms with E-state index in [9.17, 15) is 4.79 Å². The highest BCUT2D eigenvalue weighted by Gasteiger charge is 2.45. The van der Waals surface area contributed by atoms with Crippen LogP contribution in [0.15, 0.2) is 11.0 Å². The molecule has 0 amide bonds. The molecule has 3 atom stereocenters. The molecule has 1 aliphatic rings. The van der Waals surface area contributed by atoms with Gasteiger partial charge in [0.2, 0.25) is 0 Å². The van der Waals surface area contributed by atoms with Crippen LogP contribution >= 0.6 is 23.2 Å². The Bertz CT molecular complexity index is 532. The minimum absolute atomic E-state index is 0.00868. The molecule has 6 nitrogen and oxygen atoms in total. The van der Waals surface area contributed by atoms with E-state index in [0.29, 0.717) is 13.0 Å². The SMILES string of the molecule is COCC1CC(C)(Cl)C(n2cc(Cl)c(N)nc2=O)O1. The van der Waals surface area contributed by atoms with Gasteiger partial charge in [0, 0.05) is 13.3 Å². The number of hydrogen-bond acceptors (Lipinski definition) is 5. The van der Waals surface area contributed by atoms with Crippen LogP contribution in [0, 0.1) is 0 Å².